The highest BCUT2D eigenvalue weighted by Gasteiger charge is 2.61. The minimum Gasteiger partial charge on any atom is -0.394 e. The number of likely N-dealkylation sites (N-methyl/N-ethyl adjacent to an activating group) is 1. The van der Waals surface area contributed by atoms with Crippen LogP contribution in [-0.4, -0.2) is 421 Å². The van der Waals surface area contributed by atoms with E-state index in [4.69, 9.17) is 66.3 Å². The van der Waals surface area contributed by atoms with Gasteiger partial charge in [0.15, 0.2) is 49.7 Å². The van der Waals surface area contributed by atoms with E-state index in [9.17, 15) is 128 Å². The van der Waals surface area contributed by atoms with Crippen molar-refractivity contribution in [2.45, 2.75) is 296 Å². The maximum absolute atomic E-state index is 12.5. The number of hydrogen-bond donors (Lipinski definition) is 22. The molecule has 3 aromatic rings. The molecule has 0 amide bonds. The number of aliphatic hydroxyl groups is 20. The van der Waals surface area contributed by atoms with Gasteiger partial charge in [0.25, 0.3) is 20.2 Å². The molecule has 0 spiro atoms. The average molecular weight is 1760 g/mol. The molecule has 674 valence electrons. The number of benzene rings is 2. The first-order valence-corrected chi connectivity index (χ1v) is 41.9. The van der Waals surface area contributed by atoms with Gasteiger partial charge in [-0.1, -0.05) is 25.1 Å². The van der Waals surface area contributed by atoms with Crippen molar-refractivity contribution < 1.29 is 199 Å². The topological polar surface area (TPSA) is 680 Å². The fraction of sp³-hybridized carbons (Fsp3) is 0.740. The molecule has 23 aliphatic rings. The minimum absolute atomic E-state index is 0.232. The minimum atomic E-state index is -4.66. The highest BCUT2D eigenvalue weighted by molar-refractivity contribution is 7.86. The van der Waals surface area contributed by atoms with Crippen LogP contribution in [0.15, 0.2) is 76.3 Å². The molecule has 45 nitrogen and oxygen atoms in total. The van der Waals surface area contributed by atoms with E-state index in [-0.39, 0.29) is 16.2 Å². The van der Waals surface area contributed by atoms with Crippen molar-refractivity contribution in [3.05, 3.63) is 83.3 Å². The van der Waals surface area contributed by atoms with Crippen molar-refractivity contribution in [3.8, 4) is 0 Å². The zero-order valence-electron chi connectivity index (χ0n) is 65.2. The molecule has 2 aromatic carbocycles. The van der Waals surface area contributed by atoms with Crippen LogP contribution in [0, 0.1) is 0 Å². The summed E-state index contributed by atoms with van der Waals surface area (Å²) in [5.41, 5.74) is 2.88. The molecule has 0 unspecified atom stereocenters. The van der Waals surface area contributed by atoms with Crippen LogP contribution in [0.5, 0.6) is 0 Å². The smallest absolute Gasteiger partial charge is 0.294 e. The average Bonchev–Trinajstić information content (AvgIpc) is 1.56. The van der Waals surface area contributed by atoms with E-state index in [0.717, 1.165) is 17.1 Å². The van der Waals surface area contributed by atoms with Gasteiger partial charge in [0.1, 0.15) is 177 Å². The van der Waals surface area contributed by atoms with Crippen molar-refractivity contribution in [2.75, 3.05) is 57.6 Å². The zero-order valence-corrected chi connectivity index (χ0v) is 66.8. The zero-order chi connectivity index (χ0) is 87.0. The quantitative estimate of drug-likeness (QED) is 0.0319. The van der Waals surface area contributed by atoms with E-state index in [0.29, 0.717) is 48.4 Å². The van der Waals surface area contributed by atoms with E-state index in [2.05, 4.69) is 10.3 Å². The number of nitrogens with zero attached hydrogens (tertiary/aromatic N) is 5. The predicted octanol–water partition coefficient (Wildman–Crippen LogP) is -9.78. The molecule has 24 heterocycles. The van der Waals surface area contributed by atoms with Gasteiger partial charge in [0.2, 0.25) is 5.69 Å². The number of aliphatic hydroxyl groups excluding tert-OH is 20. The van der Waals surface area contributed by atoms with Crippen LogP contribution in [-0.2, 0) is 110 Å². The summed E-state index contributed by atoms with van der Waals surface area (Å²) in [6, 6.07) is 8.69. The third-order valence-electron chi connectivity index (χ3n) is 23.8. The van der Waals surface area contributed by atoms with Crippen LogP contribution in [0.3, 0.4) is 0 Å². The second-order valence-electron chi connectivity index (χ2n) is 32.1. The van der Waals surface area contributed by atoms with Crippen LogP contribution in [0.2, 0.25) is 0 Å². The summed E-state index contributed by atoms with van der Waals surface area (Å²) in [5, 5.41) is 237. The van der Waals surface area contributed by atoms with E-state index >= 15 is 0 Å². The number of anilines is 1. The maximum atomic E-state index is 12.5. The molecule has 120 heavy (non-hydrogen) atoms. The Balaban J connectivity index is 0.769. The van der Waals surface area contributed by atoms with E-state index in [1.54, 1.807) is 12.1 Å². The van der Waals surface area contributed by atoms with Gasteiger partial charge in [-0.15, -0.1) is 5.10 Å². The number of ether oxygens (including phenoxy) is 14. The van der Waals surface area contributed by atoms with Gasteiger partial charge in [-0.25, -0.2) is 4.68 Å². The van der Waals surface area contributed by atoms with Gasteiger partial charge in [-0.05, 0) is 75.6 Å². The summed E-state index contributed by atoms with van der Waals surface area (Å²) in [5.74, 6) is 0. The molecule has 0 radical (unpaired) electrons. The number of unbranched alkanes of at least 4 members (excludes halogenated alkanes) is 1. The first-order valence-electron chi connectivity index (χ1n) is 39.0. The van der Waals surface area contributed by atoms with Gasteiger partial charge < -0.3 is 173 Å². The van der Waals surface area contributed by atoms with E-state index in [1.807, 2.05) is 62.3 Å². The lowest BCUT2D eigenvalue weighted by Crippen LogP contribution is -2.68. The summed E-state index contributed by atoms with van der Waals surface area (Å²) in [7, 11) is -9.19. The molecule has 47 heteroatoms. The Labute approximate surface area is 685 Å². The van der Waals surface area contributed by atoms with Crippen LogP contribution < -0.4 is 4.90 Å². The molecule has 26 rings (SSSR count). The van der Waals surface area contributed by atoms with Gasteiger partial charge >= 0.3 is 0 Å². The second-order valence-corrected chi connectivity index (χ2v) is 35.0. The standard InChI is InChI=1S/C73H105N5O40S2/c1-6-77-33-15-13-29(119(99,100)101)18-31(33)72(2,3)42(77)11-9-12-43-73(4,5)32-19-30(120(102,103)104)14-16-34(32)78(43)17-8-7-10-28-20-76(75-74-28)21-35-58-44(85)51(92)65(105-35)113-59-36(22-79)107-67(53(94)46(59)87)115-61-38(24-81)109-69(55(96)48(61)89)117-63-40(26-83)111-71(57(98)50(63)91)118-64-41(27-84)110-70(56(97)49(64)90)116-62-39(25-82)108-68(54(95)47(62)88)114-60-37(23-80)106-66(112-58)52(93)45(60)86/h9,11-16,18-20,35-41,44-71,79-98H,6-8,10,17,21-27H2,1-5H3,(H-,99,100,101,102,103,104)/p+1/t35-,36-,37-,38-,39-,40-,41-,44-,45-,46-,47-,48-,49-,50-,51-,52-,53-,54-,55-,56-,57-,58-,59-,60-,61-,62-,63-,64-,65-,66-,67-,68-,69-,70-,71-/m1/s1. The van der Waals surface area contributed by atoms with E-state index in [1.165, 1.54) is 35.1 Å². The number of allylic oxidation sites excluding steroid dienone is 4. The first kappa shape index (κ1) is 92.7. The number of rotatable bonds is 18. The lowest BCUT2D eigenvalue weighted by Gasteiger charge is -2.50. The summed E-state index contributed by atoms with van der Waals surface area (Å²) >= 11 is 0. The van der Waals surface area contributed by atoms with Crippen LogP contribution >= 0.6 is 0 Å². The summed E-state index contributed by atoms with van der Waals surface area (Å²) in [6.45, 7) is 3.29. The van der Waals surface area contributed by atoms with Gasteiger partial charge in [0.05, 0.1) is 67.1 Å². The van der Waals surface area contributed by atoms with Crippen molar-refractivity contribution >= 4 is 37.3 Å². The third kappa shape index (κ3) is 17.9. The maximum Gasteiger partial charge on any atom is 0.294 e. The Morgan fingerprint density at radius 2 is 0.750 bits per heavy atom. The second kappa shape index (κ2) is 37.1. The molecule has 1 aromatic heterocycles. The summed E-state index contributed by atoms with van der Waals surface area (Å²) < 4.78 is 156. The van der Waals surface area contributed by atoms with Crippen molar-refractivity contribution in [1.29, 1.82) is 0 Å². The molecule has 14 bridgehead atoms. The largest absolute Gasteiger partial charge is 0.394 e. The molecule has 23 aliphatic heterocycles. The summed E-state index contributed by atoms with van der Waals surface area (Å²) in [4.78, 5) is 1.43. The third-order valence-corrected chi connectivity index (χ3v) is 25.5. The SMILES string of the molecule is CCN1C(=CC=CC2=[N+](CCCCc3cn(C[C@H]4O[C@@H]5O[C@H]6[C@H](O)[C@@H](O)[C@@H](O[C@H]7[C@H](O)[C@@H](O)[C@@H](O[C@H]8[C@H](O)[C@@H](O)[C@@H](O[C@H]9[C@H](O)[C@@H](O)[C@@H](O[C@H]%10[C@H](O)[C@@H](O)[C@@H](O[C@H]%11[C@H](O)[C@@H](O)[C@@H](O[C@H]4[C@H](O)[C@H]5O)O[C@@H]%11CO)O[C@@H]%10CO)O[C@@H]9CO)O[C@@H]8CO)O[C@@H]7CO)O[C@@H]6CO)nn3)c3ccc(S(=O)(=O)O)cc3C2(C)C)C(C)(C)c2cc(S(=O)(=O)O)ccc21. The molecule has 22 N–H and O–H groups in total. The van der Waals surface area contributed by atoms with Crippen LogP contribution in [0.25, 0.3) is 0 Å². The highest BCUT2D eigenvalue weighted by atomic mass is 32.2. The Bertz CT molecular complexity index is 4340. The number of aromatic nitrogens is 3. The normalized spacial score (nSPS) is 42.3. The molecule has 21 saturated heterocycles. The van der Waals surface area contributed by atoms with Crippen molar-refractivity contribution in [2.24, 2.45) is 0 Å². The lowest BCUT2D eigenvalue weighted by atomic mass is 9.81. The Hall–Kier alpha value is -5.01. The van der Waals surface area contributed by atoms with Crippen LogP contribution in [0.4, 0.5) is 11.4 Å². The fourth-order valence-electron chi connectivity index (χ4n) is 17.2. The van der Waals surface area contributed by atoms with Crippen LogP contribution in [0.1, 0.15) is 64.3 Å². The molecule has 0 saturated carbocycles. The van der Waals surface area contributed by atoms with Crippen molar-refractivity contribution in [3.63, 3.8) is 0 Å². The molecule has 21 fully saturated rings. The number of fused-ring (bicyclic) bond motifs is 2. The molecular formula is C73H106N5O40S2+. The van der Waals surface area contributed by atoms with Gasteiger partial charge in [-0.3, -0.25) is 9.11 Å². The molecule has 0 aliphatic carbocycles. The van der Waals surface area contributed by atoms with E-state index < -0.39 is 292 Å². The highest BCUT2D eigenvalue weighted by Crippen LogP contribution is 2.50. The van der Waals surface area contributed by atoms with Gasteiger partial charge in [-0.2, -0.15) is 21.4 Å². The molecule has 35 atom stereocenters. The Morgan fingerprint density at radius 1 is 0.425 bits per heavy atom. The first-order chi connectivity index (χ1) is 56.7. The molecular weight excluding hydrogens is 1650 g/mol. The van der Waals surface area contributed by atoms with Gasteiger partial charge in [0, 0.05) is 53.7 Å². The monoisotopic (exact) mass is 1760 g/mol. The Kier molecular flexibility index (Phi) is 28.7. The fourth-order valence-corrected chi connectivity index (χ4v) is 18.2. The number of hydrogen-bond acceptors (Lipinski definition) is 41. The number of aryl methyl sites for hydroxylation is 1. The Morgan fingerprint density at radius 3 is 1.08 bits per heavy atom. The summed E-state index contributed by atoms with van der Waals surface area (Å²) in [6.07, 6.45) is -64.3. The predicted molar refractivity (Wildman–Crippen MR) is 393 cm³/mol. The lowest BCUT2D eigenvalue weighted by molar-refractivity contribution is -0.438. The van der Waals surface area contributed by atoms with Crippen molar-refractivity contribution in [1.82, 2.24) is 15.0 Å².